The Morgan fingerprint density at radius 1 is 1.42 bits per heavy atom. The lowest BCUT2D eigenvalue weighted by Crippen LogP contribution is -2.35. The van der Waals surface area contributed by atoms with Gasteiger partial charge in [0, 0.05) is 20.0 Å². The molecule has 1 aromatic heterocycles. The second kappa shape index (κ2) is 4.31. The molecule has 0 radical (unpaired) electrons. The van der Waals surface area contributed by atoms with E-state index in [1.807, 2.05) is 29.3 Å². The van der Waals surface area contributed by atoms with Gasteiger partial charge in [-0.2, -0.15) is 0 Å². The summed E-state index contributed by atoms with van der Waals surface area (Å²) in [6.45, 7) is 0.692. The maximum atomic E-state index is 11.6. The van der Waals surface area contributed by atoms with E-state index >= 15 is 0 Å². The van der Waals surface area contributed by atoms with Crippen molar-refractivity contribution in [2.24, 2.45) is 0 Å². The molecule has 2 heterocycles. The molecular weight excluding hydrogens is 244 g/mol. The highest BCUT2D eigenvalue weighted by atomic mass is 16.5. The SMILES string of the molecule is CN1C(=O)CCN1c1cccc(-c2cnoc2N)c1. The highest BCUT2D eigenvalue weighted by Crippen LogP contribution is 2.30. The van der Waals surface area contributed by atoms with E-state index in [-0.39, 0.29) is 5.91 Å². The summed E-state index contributed by atoms with van der Waals surface area (Å²) in [6.07, 6.45) is 2.13. The van der Waals surface area contributed by atoms with Gasteiger partial charge in [-0.25, -0.2) is 0 Å². The van der Waals surface area contributed by atoms with Crippen LogP contribution in [0.25, 0.3) is 11.1 Å². The average Bonchev–Trinajstić information content (AvgIpc) is 2.98. The predicted octanol–water partition coefficient (Wildman–Crippen LogP) is 1.51. The van der Waals surface area contributed by atoms with E-state index < -0.39 is 0 Å². The molecule has 3 rings (SSSR count). The summed E-state index contributed by atoms with van der Waals surface area (Å²) in [5.41, 5.74) is 8.35. The van der Waals surface area contributed by atoms with Gasteiger partial charge in [0.15, 0.2) is 0 Å². The molecule has 98 valence electrons. The summed E-state index contributed by atoms with van der Waals surface area (Å²) in [6, 6.07) is 7.79. The van der Waals surface area contributed by atoms with Crippen molar-refractivity contribution in [1.82, 2.24) is 10.2 Å². The Bertz CT molecular complexity index is 623. The minimum Gasteiger partial charge on any atom is -0.367 e. The Hall–Kier alpha value is -2.50. The first-order chi connectivity index (χ1) is 9.16. The first-order valence-electron chi connectivity index (χ1n) is 6.01. The fourth-order valence-corrected chi connectivity index (χ4v) is 2.25. The highest BCUT2D eigenvalue weighted by molar-refractivity contribution is 5.82. The largest absolute Gasteiger partial charge is 0.367 e. The van der Waals surface area contributed by atoms with Gasteiger partial charge in [-0.05, 0) is 17.7 Å². The van der Waals surface area contributed by atoms with Crippen molar-refractivity contribution < 1.29 is 9.32 Å². The average molecular weight is 258 g/mol. The maximum absolute atomic E-state index is 11.6. The van der Waals surface area contributed by atoms with Gasteiger partial charge in [-0.1, -0.05) is 17.3 Å². The van der Waals surface area contributed by atoms with Gasteiger partial charge in [-0.15, -0.1) is 0 Å². The topological polar surface area (TPSA) is 75.6 Å². The Kier molecular flexibility index (Phi) is 2.63. The molecule has 2 N–H and O–H groups in total. The van der Waals surface area contributed by atoms with E-state index in [4.69, 9.17) is 10.3 Å². The molecule has 1 aliphatic rings. The van der Waals surface area contributed by atoms with Crippen LogP contribution in [0.1, 0.15) is 6.42 Å². The summed E-state index contributed by atoms with van der Waals surface area (Å²) in [4.78, 5) is 11.6. The van der Waals surface area contributed by atoms with Crippen LogP contribution in [0.15, 0.2) is 35.0 Å². The zero-order chi connectivity index (χ0) is 13.4. The summed E-state index contributed by atoms with van der Waals surface area (Å²) >= 11 is 0. The molecule has 0 unspecified atom stereocenters. The quantitative estimate of drug-likeness (QED) is 0.883. The number of nitrogens with two attached hydrogens (primary N) is 1. The van der Waals surface area contributed by atoms with Crippen molar-refractivity contribution in [3.63, 3.8) is 0 Å². The Balaban J connectivity index is 1.97. The smallest absolute Gasteiger partial charge is 0.242 e. The minimum atomic E-state index is 0.120. The molecular formula is C13H14N4O2. The third-order valence-electron chi connectivity index (χ3n) is 3.31. The van der Waals surface area contributed by atoms with Crippen LogP contribution in [0, 0.1) is 0 Å². The van der Waals surface area contributed by atoms with E-state index in [0.717, 1.165) is 16.8 Å². The molecule has 19 heavy (non-hydrogen) atoms. The summed E-state index contributed by atoms with van der Waals surface area (Å²) in [5, 5.41) is 7.25. The molecule has 1 amide bonds. The molecule has 0 aliphatic carbocycles. The second-order valence-electron chi connectivity index (χ2n) is 4.44. The number of anilines is 2. The second-order valence-corrected chi connectivity index (χ2v) is 4.44. The number of rotatable bonds is 2. The van der Waals surface area contributed by atoms with Crippen LogP contribution in [0.3, 0.4) is 0 Å². The van der Waals surface area contributed by atoms with Gasteiger partial charge < -0.3 is 10.3 Å². The summed E-state index contributed by atoms with van der Waals surface area (Å²) < 4.78 is 4.87. The van der Waals surface area contributed by atoms with E-state index in [1.165, 1.54) is 0 Å². The standard InChI is InChI=1S/C13H14N4O2/c1-16-12(18)5-6-17(16)10-4-2-3-9(7-10)11-8-15-19-13(11)14/h2-4,7-8H,5-6,14H2,1H3. The first-order valence-corrected chi connectivity index (χ1v) is 6.01. The fraction of sp³-hybridized carbons (Fsp3) is 0.231. The lowest BCUT2D eigenvalue weighted by atomic mass is 10.1. The number of carbonyl (C=O) groups excluding carboxylic acids is 1. The molecule has 0 saturated carbocycles. The van der Waals surface area contributed by atoms with E-state index in [2.05, 4.69) is 5.16 Å². The molecule has 6 nitrogen and oxygen atoms in total. The van der Waals surface area contributed by atoms with Crippen LogP contribution in [0.4, 0.5) is 11.6 Å². The number of nitrogen functional groups attached to an aromatic ring is 1. The summed E-state index contributed by atoms with van der Waals surface area (Å²) in [7, 11) is 1.77. The van der Waals surface area contributed by atoms with Gasteiger partial charge >= 0.3 is 0 Å². The summed E-state index contributed by atoms with van der Waals surface area (Å²) in [5.74, 6) is 0.415. The van der Waals surface area contributed by atoms with Crippen molar-refractivity contribution >= 4 is 17.5 Å². The molecule has 0 spiro atoms. The number of aromatic nitrogens is 1. The normalized spacial score (nSPS) is 15.3. The highest BCUT2D eigenvalue weighted by Gasteiger charge is 2.25. The minimum absolute atomic E-state index is 0.120. The third-order valence-corrected chi connectivity index (χ3v) is 3.31. The van der Waals surface area contributed by atoms with Crippen LogP contribution in [0.5, 0.6) is 0 Å². The molecule has 1 saturated heterocycles. The van der Waals surface area contributed by atoms with Gasteiger partial charge in [0.1, 0.15) is 0 Å². The Labute approximate surface area is 110 Å². The molecule has 1 aromatic carbocycles. The van der Waals surface area contributed by atoms with Crippen LogP contribution < -0.4 is 10.7 Å². The molecule has 0 atom stereocenters. The van der Waals surface area contributed by atoms with E-state index in [0.29, 0.717) is 18.8 Å². The lowest BCUT2D eigenvalue weighted by Gasteiger charge is -2.26. The van der Waals surface area contributed by atoms with Crippen molar-refractivity contribution in [3.05, 3.63) is 30.5 Å². The molecule has 1 aliphatic heterocycles. The number of benzene rings is 1. The first kappa shape index (κ1) is 11.6. The number of nitrogens with zero attached hydrogens (tertiary/aromatic N) is 3. The fourth-order valence-electron chi connectivity index (χ4n) is 2.25. The Morgan fingerprint density at radius 2 is 2.26 bits per heavy atom. The number of hydrogen-bond acceptors (Lipinski definition) is 5. The number of hydrogen-bond donors (Lipinski definition) is 1. The molecule has 1 fully saturated rings. The zero-order valence-electron chi connectivity index (χ0n) is 10.5. The van der Waals surface area contributed by atoms with Crippen LogP contribution in [-0.2, 0) is 4.79 Å². The molecule has 6 heteroatoms. The van der Waals surface area contributed by atoms with Crippen molar-refractivity contribution in [1.29, 1.82) is 0 Å². The zero-order valence-corrected chi connectivity index (χ0v) is 10.5. The third kappa shape index (κ3) is 1.91. The van der Waals surface area contributed by atoms with Crippen LogP contribution in [0.2, 0.25) is 0 Å². The number of carbonyl (C=O) groups is 1. The van der Waals surface area contributed by atoms with Crippen LogP contribution >= 0.6 is 0 Å². The number of hydrazine groups is 1. The molecule has 2 aromatic rings. The lowest BCUT2D eigenvalue weighted by molar-refractivity contribution is -0.126. The van der Waals surface area contributed by atoms with Crippen molar-refractivity contribution in [3.8, 4) is 11.1 Å². The monoisotopic (exact) mass is 258 g/mol. The predicted molar refractivity (Wildman–Crippen MR) is 71.1 cm³/mol. The van der Waals surface area contributed by atoms with E-state index in [1.54, 1.807) is 18.3 Å². The van der Waals surface area contributed by atoms with E-state index in [9.17, 15) is 4.79 Å². The van der Waals surface area contributed by atoms with Crippen LogP contribution in [-0.4, -0.2) is 29.7 Å². The van der Waals surface area contributed by atoms with Gasteiger partial charge in [-0.3, -0.25) is 14.8 Å². The van der Waals surface area contributed by atoms with Gasteiger partial charge in [0.05, 0.1) is 17.4 Å². The number of amides is 1. The van der Waals surface area contributed by atoms with Gasteiger partial charge in [0.2, 0.25) is 11.8 Å². The van der Waals surface area contributed by atoms with Gasteiger partial charge in [0.25, 0.3) is 0 Å². The Morgan fingerprint density at radius 3 is 2.89 bits per heavy atom. The van der Waals surface area contributed by atoms with Crippen molar-refractivity contribution in [2.75, 3.05) is 24.3 Å². The molecule has 0 bridgehead atoms. The maximum Gasteiger partial charge on any atom is 0.242 e. The van der Waals surface area contributed by atoms with Crippen molar-refractivity contribution in [2.45, 2.75) is 6.42 Å².